The van der Waals surface area contributed by atoms with Gasteiger partial charge in [0.25, 0.3) is 0 Å². The van der Waals surface area contributed by atoms with Gasteiger partial charge >= 0.3 is 6.03 Å². The highest BCUT2D eigenvalue weighted by atomic mass is 16.2. The molecule has 5 amide bonds. The van der Waals surface area contributed by atoms with Crippen molar-refractivity contribution in [3.05, 3.63) is 0 Å². The fourth-order valence-corrected chi connectivity index (χ4v) is 2.37. The van der Waals surface area contributed by atoms with Crippen LogP contribution in [-0.2, 0) is 14.4 Å². The Bertz CT molecular complexity index is 563. The molecule has 160 valence electrons. The number of nitrogens with one attached hydrogen (secondary N) is 4. The van der Waals surface area contributed by atoms with Crippen molar-refractivity contribution in [2.75, 3.05) is 19.6 Å². The van der Waals surface area contributed by atoms with Crippen molar-refractivity contribution in [2.24, 2.45) is 22.2 Å². The van der Waals surface area contributed by atoms with E-state index in [1.807, 2.05) is 0 Å². The molecule has 0 rings (SSSR count). The summed E-state index contributed by atoms with van der Waals surface area (Å²) in [6, 6.07) is -2.30. The number of likely N-dealkylation sites (N-methyl/N-ethyl adjacent to an activating group) is 1. The Labute approximate surface area is 164 Å². The maximum atomic E-state index is 12.6. The molecular formula is C16H32N8O4. The third-order valence-electron chi connectivity index (χ3n) is 3.59. The average molecular weight is 400 g/mol. The minimum absolute atomic E-state index is 0.0473. The Hall–Kier alpha value is -3.05. The van der Waals surface area contributed by atoms with E-state index in [0.29, 0.717) is 32.4 Å². The van der Waals surface area contributed by atoms with Crippen molar-refractivity contribution in [1.29, 1.82) is 0 Å². The second-order valence-electron chi connectivity index (χ2n) is 6.09. The zero-order valence-electron chi connectivity index (χ0n) is 16.4. The highest BCUT2D eigenvalue weighted by Crippen LogP contribution is 2.03. The summed E-state index contributed by atoms with van der Waals surface area (Å²) in [5.74, 6) is -1.26. The van der Waals surface area contributed by atoms with Crippen LogP contribution < -0.4 is 38.5 Å². The second kappa shape index (κ2) is 14.1. The monoisotopic (exact) mass is 400 g/mol. The first-order valence-electron chi connectivity index (χ1n) is 9.11. The molecule has 0 aromatic rings. The Kier molecular flexibility index (Phi) is 12.5. The molecule has 0 aromatic heterocycles. The van der Waals surface area contributed by atoms with E-state index in [9.17, 15) is 19.2 Å². The third-order valence-corrected chi connectivity index (χ3v) is 3.59. The van der Waals surface area contributed by atoms with Gasteiger partial charge in [0.05, 0.1) is 0 Å². The molecule has 0 heterocycles. The topological polar surface area (TPSA) is 207 Å². The fourth-order valence-electron chi connectivity index (χ4n) is 2.37. The molecule has 0 aliphatic rings. The Balaban J connectivity index is 4.89. The van der Waals surface area contributed by atoms with E-state index >= 15 is 0 Å². The quantitative estimate of drug-likeness (QED) is 0.102. The van der Waals surface area contributed by atoms with E-state index in [-0.39, 0.29) is 30.7 Å². The zero-order valence-corrected chi connectivity index (χ0v) is 16.4. The fraction of sp³-hybridized carbons (Fsp3) is 0.688. The van der Waals surface area contributed by atoms with Gasteiger partial charge in [-0.1, -0.05) is 0 Å². The van der Waals surface area contributed by atoms with Crippen LogP contribution in [-0.4, -0.2) is 61.4 Å². The number of aliphatic imine (C=N–C) groups is 1. The normalized spacial score (nSPS) is 12.2. The molecule has 0 spiro atoms. The summed E-state index contributed by atoms with van der Waals surface area (Å²) < 4.78 is 0. The van der Waals surface area contributed by atoms with Crippen LogP contribution in [0.15, 0.2) is 4.99 Å². The lowest BCUT2D eigenvalue weighted by Crippen LogP contribution is -2.53. The molecule has 0 saturated carbocycles. The minimum Gasteiger partial charge on any atom is -0.370 e. The van der Waals surface area contributed by atoms with Crippen LogP contribution in [0.2, 0.25) is 0 Å². The van der Waals surface area contributed by atoms with Crippen molar-refractivity contribution in [3.8, 4) is 0 Å². The van der Waals surface area contributed by atoms with E-state index in [1.165, 1.54) is 6.92 Å². The van der Waals surface area contributed by atoms with Gasteiger partial charge in [0, 0.05) is 26.6 Å². The smallest absolute Gasteiger partial charge is 0.312 e. The predicted molar refractivity (Wildman–Crippen MR) is 105 cm³/mol. The molecule has 0 radical (unpaired) electrons. The maximum Gasteiger partial charge on any atom is 0.312 e. The first-order chi connectivity index (χ1) is 13.2. The molecule has 0 saturated heterocycles. The van der Waals surface area contributed by atoms with Gasteiger partial charge in [0.2, 0.25) is 17.7 Å². The first kappa shape index (κ1) is 24.9. The number of hydrogen-bond donors (Lipinski definition) is 7. The van der Waals surface area contributed by atoms with Crippen LogP contribution in [0, 0.1) is 0 Å². The maximum absolute atomic E-state index is 12.6. The molecule has 2 atom stereocenters. The summed E-state index contributed by atoms with van der Waals surface area (Å²) in [5.41, 5.74) is 15.5. The Morgan fingerprint density at radius 3 is 2.04 bits per heavy atom. The summed E-state index contributed by atoms with van der Waals surface area (Å²) in [7, 11) is 0. The van der Waals surface area contributed by atoms with Crippen LogP contribution in [0.1, 0.15) is 39.5 Å². The molecule has 10 N–H and O–H groups in total. The van der Waals surface area contributed by atoms with Gasteiger partial charge in [-0.05, 0) is 32.6 Å². The van der Waals surface area contributed by atoms with Crippen molar-refractivity contribution >= 4 is 29.7 Å². The number of urea groups is 1. The molecule has 0 aromatic carbocycles. The number of carbonyl (C=O) groups is 4. The van der Waals surface area contributed by atoms with E-state index < -0.39 is 24.0 Å². The number of rotatable bonds is 13. The molecule has 28 heavy (non-hydrogen) atoms. The zero-order chi connectivity index (χ0) is 21.5. The number of hydrogen-bond acceptors (Lipinski definition) is 5. The SMILES string of the molecule is CCNC(=O)[C@H](CCCN=C(N)N)NC(=O)[C@@H](CCCNC(N)=O)NC(C)=O. The van der Waals surface area contributed by atoms with Crippen LogP contribution in [0.4, 0.5) is 4.79 Å². The molecule has 0 fully saturated rings. The van der Waals surface area contributed by atoms with Gasteiger partial charge in [0.15, 0.2) is 5.96 Å². The van der Waals surface area contributed by atoms with Gasteiger partial charge in [-0.3, -0.25) is 19.4 Å². The average Bonchev–Trinajstić information content (AvgIpc) is 2.59. The van der Waals surface area contributed by atoms with Crippen molar-refractivity contribution < 1.29 is 19.2 Å². The lowest BCUT2D eigenvalue weighted by molar-refractivity contribution is -0.132. The third kappa shape index (κ3) is 12.3. The lowest BCUT2D eigenvalue weighted by atomic mass is 10.1. The van der Waals surface area contributed by atoms with Crippen molar-refractivity contribution in [2.45, 2.75) is 51.6 Å². The first-order valence-corrected chi connectivity index (χ1v) is 9.11. The summed E-state index contributed by atoms with van der Waals surface area (Å²) in [4.78, 5) is 50.7. The molecule has 0 aliphatic heterocycles. The van der Waals surface area contributed by atoms with E-state index in [4.69, 9.17) is 17.2 Å². The Morgan fingerprint density at radius 2 is 1.50 bits per heavy atom. The van der Waals surface area contributed by atoms with E-state index in [0.717, 1.165) is 0 Å². The standard InChI is InChI=1S/C16H32N8O4/c1-3-20-13(26)11(6-4-8-21-15(17)18)24-14(27)12(23-10(2)25)7-5-9-22-16(19)28/h11-12H,3-9H2,1-2H3,(H,20,26)(H,23,25)(H,24,27)(H4,17,18,21)(H3,19,22,28)/t11-,12+/m0/s1. The van der Waals surface area contributed by atoms with Gasteiger partial charge in [-0.15, -0.1) is 0 Å². The summed E-state index contributed by atoms with van der Waals surface area (Å²) in [6.45, 7) is 4.05. The summed E-state index contributed by atoms with van der Waals surface area (Å²) in [6.07, 6.45) is 1.48. The van der Waals surface area contributed by atoms with Crippen LogP contribution in [0.25, 0.3) is 0 Å². The lowest BCUT2D eigenvalue weighted by Gasteiger charge is -2.22. The van der Waals surface area contributed by atoms with Gasteiger partial charge < -0.3 is 38.5 Å². The molecule has 0 aliphatic carbocycles. The van der Waals surface area contributed by atoms with Gasteiger partial charge in [0.1, 0.15) is 12.1 Å². The molecule has 12 heteroatoms. The predicted octanol–water partition coefficient (Wildman–Crippen LogP) is -2.39. The molecule has 0 unspecified atom stereocenters. The van der Waals surface area contributed by atoms with E-state index in [2.05, 4.69) is 26.3 Å². The van der Waals surface area contributed by atoms with Crippen LogP contribution in [0.3, 0.4) is 0 Å². The van der Waals surface area contributed by atoms with E-state index in [1.54, 1.807) is 6.92 Å². The largest absolute Gasteiger partial charge is 0.370 e. The van der Waals surface area contributed by atoms with Crippen LogP contribution >= 0.6 is 0 Å². The molecule has 0 bridgehead atoms. The van der Waals surface area contributed by atoms with Gasteiger partial charge in [-0.25, -0.2) is 4.79 Å². The highest BCUT2D eigenvalue weighted by molar-refractivity contribution is 5.91. The number of nitrogens with two attached hydrogens (primary N) is 3. The van der Waals surface area contributed by atoms with Gasteiger partial charge in [-0.2, -0.15) is 0 Å². The highest BCUT2D eigenvalue weighted by Gasteiger charge is 2.25. The number of carbonyl (C=O) groups excluding carboxylic acids is 4. The van der Waals surface area contributed by atoms with Crippen molar-refractivity contribution in [1.82, 2.24) is 21.3 Å². The van der Waals surface area contributed by atoms with Crippen LogP contribution in [0.5, 0.6) is 0 Å². The molecule has 12 nitrogen and oxygen atoms in total. The Morgan fingerprint density at radius 1 is 0.893 bits per heavy atom. The number of primary amides is 1. The number of nitrogens with zero attached hydrogens (tertiary/aromatic N) is 1. The molecular weight excluding hydrogens is 368 g/mol. The summed E-state index contributed by atoms with van der Waals surface area (Å²) >= 11 is 0. The number of guanidine groups is 1. The minimum atomic E-state index is -0.846. The second-order valence-corrected chi connectivity index (χ2v) is 6.09. The summed E-state index contributed by atoms with van der Waals surface area (Å²) in [5, 5.41) is 10.3. The van der Waals surface area contributed by atoms with Crippen molar-refractivity contribution in [3.63, 3.8) is 0 Å². The number of amides is 5.